The second kappa shape index (κ2) is 4.13. The topological polar surface area (TPSA) is 58.8 Å². The first-order chi connectivity index (χ1) is 6.97. The Morgan fingerprint density at radius 2 is 2.13 bits per heavy atom. The minimum absolute atomic E-state index is 0.135. The summed E-state index contributed by atoms with van der Waals surface area (Å²) >= 11 is 0. The van der Waals surface area contributed by atoms with Gasteiger partial charge in [-0.3, -0.25) is 0 Å². The van der Waals surface area contributed by atoms with E-state index in [1.54, 1.807) is 6.92 Å². The van der Waals surface area contributed by atoms with E-state index in [9.17, 15) is 13.2 Å². The number of aromatic nitrogens is 2. The molecule has 0 aromatic carbocycles. The van der Waals surface area contributed by atoms with Gasteiger partial charge in [0.1, 0.15) is 6.07 Å². The van der Waals surface area contributed by atoms with E-state index < -0.39 is 17.7 Å². The SMILES string of the molecule is CCOc1[c]c(C(F)(F)F)nc(C#N)n1. The number of rotatable bonds is 2. The summed E-state index contributed by atoms with van der Waals surface area (Å²) in [7, 11) is 0. The Hall–Kier alpha value is -1.84. The molecule has 0 atom stereocenters. The molecule has 0 amide bonds. The van der Waals surface area contributed by atoms with Crippen LogP contribution in [0.15, 0.2) is 0 Å². The van der Waals surface area contributed by atoms with Crippen LogP contribution in [0.1, 0.15) is 18.4 Å². The first-order valence-corrected chi connectivity index (χ1v) is 3.88. The highest BCUT2D eigenvalue weighted by Crippen LogP contribution is 2.28. The summed E-state index contributed by atoms with van der Waals surface area (Å²) in [5.74, 6) is -0.971. The highest BCUT2D eigenvalue weighted by molar-refractivity contribution is 5.22. The Bertz CT molecular complexity index is 397. The third-order valence-corrected chi connectivity index (χ3v) is 1.30. The molecule has 0 aliphatic carbocycles. The Morgan fingerprint density at radius 1 is 1.47 bits per heavy atom. The summed E-state index contributed by atoms with van der Waals surface area (Å²) < 4.78 is 41.4. The van der Waals surface area contributed by atoms with E-state index in [-0.39, 0.29) is 12.5 Å². The third-order valence-electron chi connectivity index (χ3n) is 1.30. The molecule has 0 fully saturated rings. The zero-order valence-electron chi connectivity index (χ0n) is 7.59. The minimum atomic E-state index is -4.67. The largest absolute Gasteiger partial charge is 0.477 e. The summed E-state index contributed by atoms with van der Waals surface area (Å²) in [4.78, 5) is 6.38. The molecule has 1 aromatic heterocycles. The fourth-order valence-corrected chi connectivity index (χ4v) is 0.774. The highest BCUT2D eigenvalue weighted by atomic mass is 19.4. The number of nitriles is 1. The molecule has 0 saturated carbocycles. The predicted molar refractivity (Wildman–Crippen MR) is 41.8 cm³/mol. The van der Waals surface area contributed by atoms with Crippen molar-refractivity contribution in [3.63, 3.8) is 0 Å². The van der Waals surface area contributed by atoms with Crippen LogP contribution in [0.2, 0.25) is 0 Å². The van der Waals surface area contributed by atoms with Gasteiger partial charge in [-0.05, 0) is 6.92 Å². The Labute approximate surface area is 83.3 Å². The van der Waals surface area contributed by atoms with Crippen LogP contribution in [-0.4, -0.2) is 16.6 Å². The third kappa shape index (κ3) is 2.80. The molecular formula is C8H5F3N3O. The van der Waals surface area contributed by atoms with Crippen LogP contribution < -0.4 is 4.74 Å². The lowest BCUT2D eigenvalue weighted by Crippen LogP contribution is -2.11. The van der Waals surface area contributed by atoms with Gasteiger partial charge in [0.05, 0.1) is 12.7 Å². The second-order valence-corrected chi connectivity index (χ2v) is 2.37. The van der Waals surface area contributed by atoms with E-state index in [0.717, 1.165) is 0 Å². The van der Waals surface area contributed by atoms with Gasteiger partial charge in [0, 0.05) is 0 Å². The Morgan fingerprint density at radius 3 is 2.60 bits per heavy atom. The van der Waals surface area contributed by atoms with E-state index in [1.807, 2.05) is 6.07 Å². The molecule has 0 N–H and O–H groups in total. The molecule has 0 unspecified atom stereocenters. The van der Waals surface area contributed by atoms with Gasteiger partial charge in [0.25, 0.3) is 0 Å². The summed E-state index contributed by atoms with van der Waals surface area (Å²) in [5.41, 5.74) is -1.31. The van der Waals surface area contributed by atoms with E-state index in [2.05, 4.69) is 9.97 Å². The monoisotopic (exact) mass is 216 g/mol. The summed E-state index contributed by atoms with van der Waals surface area (Å²) in [6.45, 7) is 1.71. The second-order valence-electron chi connectivity index (χ2n) is 2.37. The summed E-state index contributed by atoms with van der Waals surface area (Å²) in [6, 6.07) is 3.26. The number of alkyl halides is 3. The maximum Gasteiger partial charge on any atom is 0.434 e. The number of halogens is 3. The van der Waals surface area contributed by atoms with Gasteiger partial charge in [-0.25, -0.2) is 4.98 Å². The fourth-order valence-electron chi connectivity index (χ4n) is 0.774. The maximum atomic E-state index is 12.2. The summed E-state index contributed by atoms with van der Waals surface area (Å²) in [5, 5.41) is 8.41. The van der Waals surface area contributed by atoms with Crippen molar-refractivity contribution in [3.05, 3.63) is 17.6 Å². The quantitative estimate of drug-likeness (QED) is 0.752. The normalized spacial score (nSPS) is 10.9. The van der Waals surface area contributed by atoms with Crippen LogP contribution in [-0.2, 0) is 6.18 Å². The molecule has 0 bridgehead atoms. The van der Waals surface area contributed by atoms with Gasteiger partial charge < -0.3 is 4.74 Å². The molecule has 1 radical (unpaired) electrons. The van der Waals surface area contributed by atoms with Crippen molar-refractivity contribution in [1.29, 1.82) is 5.26 Å². The van der Waals surface area contributed by atoms with Crippen LogP contribution in [0.4, 0.5) is 13.2 Å². The Kier molecular flexibility index (Phi) is 3.09. The maximum absolute atomic E-state index is 12.2. The van der Waals surface area contributed by atoms with Crippen molar-refractivity contribution >= 4 is 0 Å². The van der Waals surface area contributed by atoms with Crippen LogP contribution in [0.25, 0.3) is 0 Å². The molecule has 4 nitrogen and oxygen atoms in total. The molecule has 0 aliphatic heterocycles. The van der Waals surface area contributed by atoms with Gasteiger partial charge in [0.15, 0.2) is 5.69 Å². The first kappa shape index (κ1) is 11.2. The first-order valence-electron chi connectivity index (χ1n) is 3.88. The van der Waals surface area contributed by atoms with Crippen molar-refractivity contribution in [2.75, 3.05) is 6.61 Å². The highest BCUT2D eigenvalue weighted by Gasteiger charge is 2.34. The van der Waals surface area contributed by atoms with Crippen LogP contribution in [0.5, 0.6) is 5.88 Å². The smallest absolute Gasteiger partial charge is 0.434 e. The van der Waals surface area contributed by atoms with E-state index >= 15 is 0 Å². The van der Waals surface area contributed by atoms with E-state index in [0.29, 0.717) is 0 Å². The molecule has 1 heterocycles. The number of hydrogen-bond donors (Lipinski definition) is 0. The van der Waals surface area contributed by atoms with Crippen LogP contribution in [0, 0.1) is 17.4 Å². The molecule has 1 aromatic rings. The van der Waals surface area contributed by atoms with Crippen molar-refractivity contribution in [3.8, 4) is 11.9 Å². The molecule has 0 saturated heterocycles. The zero-order valence-corrected chi connectivity index (χ0v) is 7.59. The molecule has 79 valence electrons. The lowest BCUT2D eigenvalue weighted by molar-refractivity contribution is -0.141. The zero-order chi connectivity index (χ0) is 11.5. The van der Waals surface area contributed by atoms with Gasteiger partial charge in [0.2, 0.25) is 11.7 Å². The van der Waals surface area contributed by atoms with Gasteiger partial charge in [-0.1, -0.05) is 0 Å². The van der Waals surface area contributed by atoms with Crippen molar-refractivity contribution < 1.29 is 17.9 Å². The average Bonchev–Trinajstić information content (AvgIpc) is 2.16. The number of ether oxygens (including phenoxy) is 1. The summed E-state index contributed by atoms with van der Waals surface area (Å²) in [6.07, 6.45) is -4.67. The van der Waals surface area contributed by atoms with E-state index in [1.165, 1.54) is 6.07 Å². The van der Waals surface area contributed by atoms with Gasteiger partial charge in [-0.15, -0.1) is 0 Å². The van der Waals surface area contributed by atoms with Gasteiger partial charge in [-0.2, -0.15) is 23.4 Å². The lowest BCUT2D eigenvalue weighted by atomic mass is 10.4. The molecule has 7 heteroatoms. The number of nitrogens with zero attached hydrogens (tertiary/aromatic N) is 3. The molecular weight excluding hydrogens is 211 g/mol. The van der Waals surface area contributed by atoms with Crippen molar-refractivity contribution in [2.45, 2.75) is 13.1 Å². The van der Waals surface area contributed by atoms with Crippen molar-refractivity contribution in [1.82, 2.24) is 9.97 Å². The van der Waals surface area contributed by atoms with Crippen LogP contribution >= 0.6 is 0 Å². The predicted octanol–water partition coefficient (Wildman–Crippen LogP) is 1.57. The Balaban J connectivity index is 3.19. The van der Waals surface area contributed by atoms with Crippen LogP contribution in [0.3, 0.4) is 0 Å². The lowest BCUT2D eigenvalue weighted by Gasteiger charge is -2.07. The standard InChI is InChI=1S/C8H5F3N3O/c1-2-15-7-3-5(8(9,10)11)13-6(4-12)14-7/h2H2,1H3. The molecule has 1 rings (SSSR count). The fraction of sp³-hybridized carbons (Fsp3) is 0.375. The van der Waals surface area contributed by atoms with Crippen molar-refractivity contribution in [2.24, 2.45) is 0 Å². The minimum Gasteiger partial charge on any atom is -0.477 e. The molecule has 15 heavy (non-hydrogen) atoms. The van der Waals surface area contributed by atoms with E-state index in [4.69, 9.17) is 10.00 Å². The molecule has 0 spiro atoms. The van der Waals surface area contributed by atoms with Gasteiger partial charge >= 0.3 is 6.18 Å². The number of hydrogen-bond acceptors (Lipinski definition) is 4. The molecule has 0 aliphatic rings. The average molecular weight is 216 g/mol.